The predicted molar refractivity (Wildman–Crippen MR) is 81.0 cm³/mol. The van der Waals surface area contributed by atoms with Crippen molar-refractivity contribution in [3.8, 4) is 22.6 Å². The van der Waals surface area contributed by atoms with Crippen LogP contribution in [0.2, 0.25) is 5.02 Å². The van der Waals surface area contributed by atoms with Gasteiger partial charge in [0, 0.05) is 12.0 Å². The number of rotatable bonds is 5. The summed E-state index contributed by atoms with van der Waals surface area (Å²) in [5.74, 6) is -1.83. The number of hydrogen-bond donors (Lipinski definition) is 2. The predicted octanol–water partition coefficient (Wildman–Crippen LogP) is 3.88. The highest BCUT2D eigenvalue weighted by Crippen LogP contribution is 2.37. The summed E-state index contributed by atoms with van der Waals surface area (Å²) in [5, 5.41) is 18.0. The summed E-state index contributed by atoms with van der Waals surface area (Å²) in [4.78, 5) is 10.7. The monoisotopic (exact) mass is 324 g/mol. The van der Waals surface area contributed by atoms with Gasteiger partial charge >= 0.3 is 5.97 Å². The van der Waals surface area contributed by atoms with Crippen LogP contribution < -0.4 is 4.74 Å². The van der Waals surface area contributed by atoms with Gasteiger partial charge in [-0.1, -0.05) is 17.7 Å². The van der Waals surface area contributed by atoms with Gasteiger partial charge in [-0.05, 0) is 41.8 Å². The molecule has 0 fully saturated rings. The molecule has 116 valence electrons. The summed E-state index contributed by atoms with van der Waals surface area (Å²) in [6, 6.07) is 7.75. The number of ether oxygens (including phenoxy) is 1. The van der Waals surface area contributed by atoms with E-state index in [0.717, 1.165) is 11.6 Å². The van der Waals surface area contributed by atoms with E-state index < -0.39 is 17.5 Å². The second-order valence-corrected chi connectivity index (χ2v) is 5.12. The van der Waals surface area contributed by atoms with Crippen molar-refractivity contribution in [3.05, 3.63) is 46.7 Å². The van der Waals surface area contributed by atoms with Crippen molar-refractivity contribution in [2.75, 3.05) is 7.11 Å². The molecule has 0 aliphatic carbocycles. The Hall–Kier alpha value is -2.27. The van der Waals surface area contributed by atoms with Crippen LogP contribution in [0.5, 0.6) is 11.5 Å². The molecule has 0 spiro atoms. The van der Waals surface area contributed by atoms with Gasteiger partial charge in [-0.15, -0.1) is 0 Å². The van der Waals surface area contributed by atoms with Crippen LogP contribution in [0, 0.1) is 5.82 Å². The first-order valence-corrected chi connectivity index (χ1v) is 6.87. The second kappa shape index (κ2) is 6.66. The molecule has 0 bridgehead atoms. The van der Waals surface area contributed by atoms with Crippen molar-refractivity contribution in [3.63, 3.8) is 0 Å². The molecule has 0 heterocycles. The number of carbonyl (C=O) groups is 1. The van der Waals surface area contributed by atoms with Crippen LogP contribution in [-0.4, -0.2) is 23.3 Å². The summed E-state index contributed by atoms with van der Waals surface area (Å²) in [5.41, 5.74) is 1.79. The Kier molecular flexibility index (Phi) is 4.88. The quantitative estimate of drug-likeness (QED) is 0.876. The van der Waals surface area contributed by atoms with Crippen molar-refractivity contribution in [1.29, 1.82) is 0 Å². The maximum Gasteiger partial charge on any atom is 0.303 e. The van der Waals surface area contributed by atoms with Crippen LogP contribution in [0.15, 0.2) is 30.3 Å². The van der Waals surface area contributed by atoms with Gasteiger partial charge in [0.15, 0.2) is 11.6 Å². The number of phenolic OH excluding ortho intramolecular Hbond substituents is 1. The van der Waals surface area contributed by atoms with Gasteiger partial charge in [-0.2, -0.15) is 0 Å². The Morgan fingerprint density at radius 3 is 2.64 bits per heavy atom. The summed E-state index contributed by atoms with van der Waals surface area (Å²) in [6.07, 6.45) is 0.344. The Bertz CT molecular complexity index is 692. The van der Waals surface area contributed by atoms with Gasteiger partial charge in [-0.25, -0.2) is 4.39 Å². The number of aromatic hydroxyl groups is 1. The third kappa shape index (κ3) is 3.49. The van der Waals surface area contributed by atoms with Gasteiger partial charge < -0.3 is 14.9 Å². The fraction of sp³-hybridized carbons (Fsp3) is 0.188. The molecule has 2 rings (SSSR count). The van der Waals surface area contributed by atoms with Gasteiger partial charge in [0.05, 0.1) is 12.1 Å². The first-order chi connectivity index (χ1) is 10.4. The van der Waals surface area contributed by atoms with E-state index in [4.69, 9.17) is 21.4 Å². The van der Waals surface area contributed by atoms with E-state index in [1.807, 2.05) is 0 Å². The number of hydrogen-bond acceptors (Lipinski definition) is 3. The van der Waals surface area contributed by atoms with Gasteiger partial charge in [0.25, 0.3) is 0 Å². The minimum atomic E-state index is -0.893. The molecule has 0 aliphatic rings. The lowest BCUT2D eigenvalue weighted by Gasteiger charge is -2.12. The number of aliphatic carboxylic acids is 1. The molecule has 2 aromatic carbocycles. The molecular weight excluding hydrogens is 311 g/mol. The maximum absolute atomic E-state index is 13.7. The van der Waals surface area contributed by atoms with Crippen LogP contribution in [0.1, 0.15) is 12.0 Å². The molecule has 0 radical (unpaired) electrons. The number of carboxylic acid groups (broad SMARTS) is 1. The Morgan fingerprint density at radius 2 is 2.05 bits per heavy atom. The van der Waals surface area contributed by atoms with Crippen LogP contribution >= 0.6 is 11.6 Å². The summed E-state index contributed by atoms with van der Waals surface area (Å²) in [7, 11) is 1.48. The Balaban J connectivity index is 2.48. The number of carboxylic acids is 1. The third-order valence-corrected chi connectivity index (χ3v) is 3.51. The molecule has 2 N–H and O–H groups in total. The maximum atomic E-state index is 13.7. The molecule has 4 nitrogen and oxygen atoms in total. The minimum absolute atomic E-state index is 0.00351. The average Bonchev–Trinajstić information content (AvgIpc) is 2.49. The zero-order chi connectivity index (χ0) is 16.3. The minimum Gasteiger partial charge on any atom is -0.504 e. The first kappa shape index (κ1) is 16.1. The molecule has 22 heavy (non-hydrogen) atoms. The van der Waals surface area contributed by atoms with Crippen molar-refractivity contribution < 1.29 is 24.1 Å². The van der Waals surface area contributed by atoms with Crippen LogP contribution in [0.4, 0.5) is 4.39 Å². The molecule has 0 atom stereocenters. The number of aryl methyl sites for hydroxylation is 1. The SMILES string of the molecule is COc1ccc(CCC(=O)O)cc1-c1cc(F)c(O)c(Cl)c1. The van der Waals surface area contributed by atoms with E-state index in [9.17, 15) is 14.3 Å². The summed E-state index contributed by atoms with van der Waals surface area (Å²) >= 11 is 5.80. The first-order valence-electron chi connectivity index (χ1n) is 6.49. The zero-order valence-electron chi connectivity index (χ0n) is 11.8. The molecule has 0 amide bonds. The van der Waals surface area contributed by atoms with E-state index in [2.05, 4.69) is 0 Å². The van der Waals surface area contributed by atoms with Crippen LogP contribution in [0.3, 0.4) is 0 Å². The lowest BCUT2D eigenvalue weighted by Crippen LogP contribution is -1.98. The summed E-state index contributed by atoms with van der Waals surface area (Å²) in [6.45, 7) is 0. The van der Waals surface area contributed by atoms with E-state index in [-0.39, 0.29) is 11.4 Å². The van der Waals surface area contributed by atoms with Gasteiger partial charge in [0.2, 0.25) is 0 Å². The molecule has 0 saturated heterocycles. The normalized spacial score (nSPS) is 10.5. The molecule has 6 heteroatoms. The second-order valence-electron chi connectivity index (χ2n) is 4.72. The highest BCUT2D eigenvalue weighted by atomic mass is 35.5. The van der Waals surface area contributed by atoms with E-state index in [0.29, 0.717) is 23.3 Å². The molecule has 0 aliphatic heterocycles. The van der Waals surface area contributed by atoms with Crippen molar-refractivity contribution in [2.45, 2.75) is 12.8 Å². The van der Waals surface area contributed by atoms with E-state index in [1.54, 1.807) is 18.2 Å². The van der Waals surface area contributed by atoms with Crippen molar-refractivity contribution in [1.82, 2.24) is 0 Å². The standard InChI is InChI=1S/C16H14ClFO4/c1-22-14-4-2-9(3-5-15(19)20)6-11(14)10-7-12(17)16(21)13(18)8-10/h2,4,6-8,21H,3,5H2,1H3,(H,19,20). The average molecular weight is 325 g/mol. The molecule has 0 aromatic heterocycles. The Morgan fingerprint density at radius 1 is 1.32 bits per heavy atom. The fourth-order valence-corrected chi connectivity index (χ4v) is 2.32. The van der Waals surface area contributed by atoms with Crippen molar-refractivity contribution >= 4 is 17.6 Å². The lowest BCUT2D eigenvalue weighted by molar-refractivity contribution is -0.136. The van der Waals surface area contributed by atoms with Crippen molar-refractivity contribution in [2.24, 2.45) is 0 Å². The van der Waals surface area contributed by atoms with Gasteiger partial charge in [0.1, 0.15) is 5.75 Å². The van der Waals surface area contributed by atoms with E-state index in [1.165, 1.54) is 13.2 Å². The fourth-order valence-electron chi connectivity index (χ4n) is 2.11. The molecule has 2 aromatic rings. The lowest BCUT2D eigenvalue weighted by atomic mass is 9.99. The smallest absolute Gasteiger partial charge is 0.303 e. The number of phenols is 1. The molecule has 0 saturated carbocycles. The third-order valence-electron chi connectivity index (χ3n) is 3.22. The van der Waals surface area contributed by atoms with Crippen LogP contribution in [0.25, 0.3) is 11.1 Å². The zero-order valence-corrected chi connectivity index (χ0v) is 12.5. The van der Waals surface area contributed by atoms with E-state index >= 15 is 0 Å². The van der Waals surface area contributed by atoms with Gasteiger partial charge in [-0.3, -0.25) is 4.79 Å². The molecular formula is C16H14ClFO4. The summed E-state index contributed by atoms with van der Waals surface area (Å²) < 4.78 is 18.9. The highest BCUT2D eigenvalue weighted by molar-refractivity contribution is 6.32. The highest BCUT2D eigenvalue weighted by Gasteiger charge is 2.13. The number of benzene rings is 2. The number of methoxy groups -OCH3 is 1. The van der Waals surface area contributed by atoms with Crippen LogP contribution in [-0.2, 0) is 11.2 Å². The Labute approximate surface area is 131 Å². The number of halogens is 2. The largest absolute Gasteiger partial charge is 0.504 e. The topological polar surface area (TPSA) is 66.8 Å². The molecule has 0 unspecified atom stereocenters.